The molecule has 4 rings (SSSR count). The lowest BCUT2D eigenvalue weighted by Gasteiger charge is -2.34. The average Bonchev–Trinajstić information content (AvgIpc) is 3.11. The molecule has 1 aliphatic heterocycles. The number of aromatic amines is 1. The molecule has 1 aliphatic rings. The van der Waals surface area contributed by atoms with Gasteiger partial charge in [-0.25, -0.2) is 0 Å². The first-order chi connectivity index (χ1) is 13.5. The molecule has 0 aliphatic carbocycles. The minimum atomic E-state index is -0.0168. The van der Waals surface area contributed by atoms with Crippen molar-refractivity contribution in [3.8, 4) is 5.75 Å². The monoisotopic (exact) mass is 398 g/mol. The number of ether oxygens (including phenoxy) is 1. The van der Waals surface area contributed by atoms with Gasteiger partial charge in [0.1, 0.15) is 5.75 Å². The van der Waals surface area contributed by atoms with E-state index in [-0.39, 0.29) is 5.91 Å². The van der Waals surface area contributed by atoms with Gasteiger partial charge in [0, 0.05) is 48.7 Å². The van der Waals surface area contributed by atoms with Gasteiger partial charge in [-0.05, 0) is 37.3 Å². The molecule has 0 saturated carbocycles. The molecular weight excluding hydrogens is 376 g/mol. The van der Waals surface area contributed by atoms with Crippen LogP contribution in [0.5, 0.6) is 5.75 Å². The molecule has 146 valence electrons. The number of aryl methyl sites for hydroxylation is 1. The summed E-state index contributed by atoms with van der Waals surface area (Å²) in [5, 5.41) is 8.81. The second kappa shape index (κ2) is 7.81. The molecule has 3 aromatic rings. The van der Waals surface area contributed by atoms with Crippen molar-refractivity contribution in [3.63, 3.8) is 0 Å². The standard InChI is InChI=1S/C21H23ClN4O2/c1-14-3-5-18-17(11-14)20(24-23-18)21(27)26-9-7-25(8-10-26)13-15-12-16(22)4-6-19(15)28-2/h3-6,11-12H,7-10,13H2,1-2H3,(H,23,24). The second-order valence-electron chi connectivity index (χ2n) is 7.15. The number of fused-ring (bicyclic) bond motifs is 1. The zero-order chi connectivity index (χ0) is 19.7. The minimum absolute atomic E-state index is 0.0168. The van der Waals surface area contributed by atoms with Crippen molar-refractivity contribution in [2.24, 2.45) is 0 Å². The van der Waals surface area contributed by atoms with E-state index >= 15 is 0 Å². The number of hydrogen-bond acceptors (Lipinski definition) is 4. The summed E-state index contributed by atoms with van der Waals surface area (Å²) in [5.74, 6) is 0.818. The highest BCUT2D eigenvalue weighted by atomic mass is 35.5. The number of carbonyl (C=O) groups is 1. The number of hydrogen-bond donors (Lipinski definition) is 1. The molecule has 7 heteroatoms. The number of aromatic nitrogens is 2. The van der Waals surface area contributed by atoms with Gasteiger partial charge in [0.05, 0.1) is 12.6 Å². The number of nitrogens with one attached hydrogen (secondary N) is 1. The SMILES string of the molecule is COc1ccc(Cl)cc1CN1CCN(C(=O)c2n[nH]c3ccc(C)cc23)CC1. The summed E-state index contributed by atoms with van der Waals surface area (Å²) in [7, 11) is 1.67. The predicted octanol–water partition coefficient (Wildman–Crippen LogP) is 3.49. The maximum atomic E-state index is 13.0. The van der Waals surface area contributed by atoms with Crippen molar-refractivity contribution in [1.82, 2.24) is 20.0 Å². The van der Waals surface area contributed by atoms with Gasteiger partial charge in [-0.1, -0.05) is 23.2 Å². The molecule has 0 atom stereocenters. The van der Waals surface area contributed by atoms with Crippen LogP contribution in [-0.2, 0) is 6.54 Å². The number of halogens is 1. The fourth-order valence-electron chi connectivity index (χ4n) is 3.66. The Kier molecular flexibility index (Phi) is 5.24. The third kappa shape index (κ3) is 3.70. The Morgan fingerprint density at radius 3 is 2.71 bits per heavy atom. The van der Waals surface area contributed by atoms with Crippen LogP contribution in [0.4, 0.5) is 0 Å². The van der Waals surface area contributed by atoms with Crippen LogP contribution in [0.25, 0.3) is 10.9 Å². The van der Waals surface area contributed by atoms with Gasteiger partial charge in [-0.15, -0.1) is 0 Å². The van der Waals surface area contributed by atoms with Crippen LogP contribution in [0.1, 0.15) is 21.6 Å². The van der Waals surface area contributed by atoms with E-state index in [4.69, 9.17) is 16.3 Å². The molecule has 1 aromatic heterocycles. The van der Waals surface area contributed by atoms with Crippen molar-refractivity contribution in [3.05, 3.63) is 58.2 Å². The third-order valence-corrected chi connectivity index (χ3v) is 5.45. The minimum Gasteiger partial charge on any atom is -0.496 e. The number of piperazine rings is 1. The van der Waals surface area contributed by atoms with E-state index in [1.165, 1.54) is 0 Å². The molecule has 28 heavy (non-hydrogen) atoms. The smallest absolute Gasteiger partial charge is 0.275 e. The lowest BCUT2D eigenvalue weighted by Crippen LogP contribution is -2.48. The lowest BCUT2D eigenvalue weighted by atomic mass is 10.1. The Morgan fingerprint density at radius 2 is 1.96 bits per heavy atom. The highest BCUT2D eigenvalue weighted by Crippen LogP contribution is 2.25. The van der Waals surface area contributed by atoms with E-state index < -0.39 is 0 Å². The zero-order valence-corrected chi connectivity index (χ0v) is 16.8. The van der Waals surface area contributed by atoms with Gasteiger partial charge in [-0.2, -0.15) is 5.10 Å². The molecule has 6 nitrogen and oxygen atoms in total. The van der Waals surface area contributed by atoms with Crippen molar-refractivity contribution in [2.75, 3.05) is 33.3 Å². The van der Waals surface area contributed by atoms with E-state index in [2.05, 4.69) is 15.1 Å². The summed E-state index contributed by atoms with van der Waals surface area (Å²) in [6, 6.07) is 11.6. The molecule has 0 unspecified atom stereocenters. The van der Waals surface area contributed by atoms with E-state index in [1.54, 1.807) is 7.11 Å². The Balaban J connectivity index is 1.43. The Labute approximate surface area is 169 Å². The maximum absolute atomic E-state index is 13.0. The second-order valence-corrected chi connectivity index (χ2v) is 7.58. The van der Waals surface area contributed by atoms with Crippen LogP contribution in [0, 0.1) is 6.92 Å². The number of amides is 1. The van der Waals surface area contributed by atoms with E-state index in [1.807, 2.05) is 48.2 Å². The van der Waals surface area contributed by atoms with Gasteiger partial charge >= 0.3 is 0 Å². The van der Waals surface area contributed by atoms with Crippen LogP contribution in [0.15, 0.2) is 36.4 Å². The van der Waals surface area contributed by atoms with Gasteiger partial charge in [0.25, 0.3) is 5.91 Å². The molecule has 1 fully saturated rings. The number of carbonyl (C=O) groups excluding carboxylic acids is 1. The molecule has 0 spiro atoms. The van der Waals surface area contributed by atoms with Crippen LogP contribution in [0.3, 0.4) is 0 Å². The van der Waals surface area contributed by atoms with Crippen molar-refractivity contribution in [1.29, 1.82) is 0 Å². The largest absolute Gasteiger partial charge is 0.496 e. The molecule has 1 amide bonds. The number of benzene rings is 2. The maximum Gasteiger partial charge on any atom is 0.275 e. The highest BCUT2D eigenvalue weighted by molar-refractivity contribution is 6.30. The van der Waals surface area contributed by atoms with Gasteiger partial charge in [0.15, 0.2) is 5.69 Å². The first-order valence-corrected chi connectivity index (χ1v) is 9.72. The molecule has 0 radical (unpaired) electrons. The fourth-order valence-corrected chi connectivity index (χ4v) is 3.86. The van der Waals surface area contributed by atoms with Gasteiger partial charge < -0.3 is 9.64 Å². The van der Waals surface area contributed by atoms with Crippen LogP contribution in [-0.4, -0.2) is 59.2 Å². The summed E-state index contributed by atoms with van der Waals surface area (Å²) < 4.78 is 5.44. The Morgan fingerprint density at radius 1 is 1.18 bits per heavy atom. The van der Waals surface area contributed by atoms with E-state index in [0.717, 1.165) is 47.4 Å². The van der Waals surface area contributed by atoms with Crippen molar-refractivity contribution >= 4 is 28.4 Å². The predicted molar refractivity (Wildman–Crippen MR) is 110 cm³/mol. The first-order valence-electron chi connectivity index (χ1n) is 9.34. The zero-order valence-electron chi connectivity index (χ0n) is 16.0. The topological polar surface area (TPSA) is 61.5 Å². The number of H-pyrrole nitrogens is 1. The Hall–Kier alpha value is -2.57. The van der Waals surface area contributed by atoms with E-state index in [9.17, 15) is 4.79 Å². The first kappa shape index (κ1) is 18.8. The average molecular weight is 399 g/mol. The quantitative estimate of drug-likeness (QED) is 0.730. The van der Waals surface area contributed by atoms with E-state index in [0.29, 0.717) is 23.8 Å². The molecular formula is C21H23ClN4O2. The van der Waals surface area contributed by atoms with Crippen molar-refractivity contribution in [2.45, 2.75) is 13.5 Å². The highest BCUT2D eigenvalue weighted by Gasteiger charge is 2.25. The summed E-state index contributed by atoms with van der Waals surface area (Å²) in [4.78, 5) is 17.2. The van der Waals surface area contributed by atoms with Crippen LogP contribution < -0.4 is 4.74 Å². The number of rotatable bonds is 4. The molecule has 0 bridgehead atoms. The van der Waals surface area contributed by atoms with Gasteiger partial charge in [-0.3, -0.25) is 14.8 Å². The molecule has 1 N–H and O–H groups in total. The number of nitrogens with zero attached hydrogens (tertiary/aromatic N) is 3. The molecule has 1 saturated heterocycles. The normalized spacial score (nSPS) is 15.2. The molecule has 2 heterocycles. The molecule has 2 aromatic carbocycles. The third-order valence-electron chi connectivity index (χ3n) is 5.22. The van der Waals surface area contributed by atoms with Crippen LogP contribution in [0.2, 0.25) is 5.02 Å². The summed E-state index contributed by atoms with van der Waals surface area (Å²) in [6.45, 7) is 5.69. The lowest BCUT2D eigenvalue weighted by molar-refractivity contribution is 0.0623. The summed E-state index contributed by atoms with van der Waals surface area (Å²) >= 11 is 6.14. The number of methoxy groups -OCH3 is 1. The van der Waals surface area contributed by atoms with Crippen LogP contribution >= 0.6 is 11.6 Å². The summed E-state index contributed by atoms with van der Waals surface area (Å²) in [6.07, 6.45) is 0. The van der Waals surface area contributed by atoms with Gasteiger partial charge in [0.2, 0.25) is 0 Å². The Bertz CT molecular complexity index is 1010. The van der Waals surface area contributed by atoms with Crippen molar-refractivity contribution < 1.29 is 9.53 Å². The fraction of sp³-hybridized carbons (Fsp3) is 0.333. The summed E-state index contributed by atoms with van der Waals surface area (Å²) in [5.41, 5.74) is 3.57.